The van der Waals surface area contributed by atoms with E-state index >= 15 is 0 Å². The van der Waals surface area contributed by atoms with Crippen molar-refractivity contribution in [3.63, 3.8) is 0 Å². The summed E-state index contributed by atoms with van der Waals surface area (Å²) in [6.45, 7) is 4.25. The average Bonchev–Trinajstić information content (AvgIpc) is 2.39. The molecule has 1 aromatic rings. The molecule has 0 saturated carbocycles. The Kier molecular flexibility index (Phi) is 4.63. The van der Waals surface area contributed by atoms with Crippen LogP contribution < -0.4 is 5.32 Å². The Balaban J connectivity index is 1.96. The summed E-state index contributed by atoms with van der Waals surface area (Å²) in [5.41, 5.74) is 1.38. The van der Waals surface area contributed by atoms with Gasteiger partial charge in [-0.3, -0.25) is 5.32 Å². The van der Waals surface area contributed by atoms with Crippen molar-refractivity contribution in [2.24, 2.45) is 0 Å². The molecule has 0 amide bonds. The molecule has 0 spiro atoms. The molecule has 2 heteroatoms. The minimum atomic E-state index is 0.500. The highest BCUT2D eigenvalue weighted by Crippen LogP contribution is 2.14. The molecule has 0 aromatic heterocycles. The molecule has 1 aromatic carbocycles. The van der Waals surface area contributed by atoms with Crippen molar-refractivity contribution in [1.29, 1.82) is 0 Å². The second kappa shape index (κ2) is 6.45. The van der Waals surface area contributed by atoms with E-state index in [1.807, 2.05) is 0 Å². The van der Waals surface area contributed by atoms with Gasteiger partial charge in [-0.25, -0.2) is 0 Å². The highest BCUT2D eigenvalue weighted by molar-refractivity contribution is 5.15. The van der Waals surface area contributed by atoms with E-state index in [0.29, 0.717) is 6.17 Å². The van der Waals surface area contributed by atoms with Crippen LogP contribution in [0.2, 0.25) is 0 Å². The molecule has 1 N–H and O–H groups in total. The van der Waals surface area contributed by atoms with Crippen molar-refractivity contribution in [3.05, 3.63) is 48.2 Å². The van der Waals surface area contributed by atoms with E-state index in [1.165, 1.54) is 24.8 Å². The van der Waals surface area contributed by atoms with Crippen LogP contribution in [-0.4, -0.2) is 17.6 Å². The Bertz CT molecular complexity index is 345. The molecule has 0 bridgehead atoms. The van der Waals surface area contributed by atoms with Crippen LogP contribution in [0.25, 0.3) is 0 Å². The van der Waals surface area contributed by atoms with E-state index in [1.54, 1.807) is 0 Å². The molecular weight excluding hydrogens is 208 g/mol. The van der Waals surface area contributed by atoms with Gasteiger partial charge in [0.1, 0.15) is 0 Å². The monoisotopic (exact) mass is 230 g/mol. The van der Waals surface area contributed by atoms with Crippen LogP contribution in [0.4, 0.5) is 0 Å². The van der Waals surface area contributed by atoms with Gasteiger partial charge in [-0.15, -0.1) is 0 Å². The maximum Gasteiger partial charge on any atom is 0.0796 e. The summed E-state index contributed by atoms with van der Waals surface area (Å²) in [4.78, 5) is 2.41. The van der Waals surface area contributed by atoms with E-state index in [-0.39, 0.29) is 0 Å². The van der Waals surface area contributed by atoms with Gasteiger partial charge in [0, 0.05) is 13.1 Å². The lowest BCUT2D eigenvalue weighted by Gasteiger charge is -2.34. The van der Waals surface area contributed by atoms with Gasteiger partial charge in [0.25, 0.3) is 0 Å². The Morgan fingerprint density at radius 2 is 2.12 bits per heavy atom. The first-order chi connectivity index (χ1) is 8.40. The zero-order valence-corrected chi connectivity index (χ0v) is 10.6. The Morgan fingerprint density at radius 3 is 2.88 bits per heavy atom. The zero-order chi connectivity index (χ0) is 11.9. The topological polar surface area (TPSA) is 15.3 Å². The molecule has 0 radical (unpaired) electrons. The predicted octanol–water partition coefficient (Wildman–Crippen LogP) is 3.12. The van der Waals surface area contributed by atoms with Crippen LogP contribution in [-0.2, 0) is 6.54 Å². The van der Waals surface area contributed by atoms with E-state index in [4.69, 9.17) is 0 Å². The molecule has 0 saturated heterocycles. The average molecular weight is 230 g/mol. The number of nitrogens with one attached hydrogen (secondary N) is 1. The van der Waals surface area contributed by atoms with E-state index in [2.05, 4.69) is 59.7 Å². The molecular formula is C15H22N2. The summed E-state index contributed by atoms with van der Waals surface area (Å²) in [6.07, 6.45) is 8.72. The molecule has 1 unspecified atom stereocenters. The largest absolute Gasteiger partial charge is 0.358 e. The van der Waals surface area contributed by atoms with Gasteiger partial charge in [0.15, 0.2) is 0 Å². The first-order valence-corrected chi connectivity index (χ1v) is 6.60. The second-order valence-corrected chi connectivity index (χ2v) is 4.61. The van der Waals surface area contributed by atoms with Crippen LogP contribution in [0.3, 0.4) is 0 Å². The van der Waals surface area contributed by atoms with Crippen LogP contribution in [0.1, 0.15) is 31.7 Å². The van der Waals surface area contributed by atoms with Gasteiger partial charge in [0.05, 0.1) is 6.17 Å². The van der Waals surface area contributed by atoms with Crippen LogP contribution in [0, 0.1) is 0 Å². The number of unbranched alkanes of at least 4 members (excludes halogenated alkanes) is 1. The van der Waals surface area contributed by atoms with Crippen molar-refractivity contribution in [1.82, 2.24) is 10.2 Å². The predicted molar refractivity (Wildman–Crippen MR) is 72.4 cm³/mol. The normalized spacial score (nSPS) is 19.6. The smallest absolute Gasteiger partial charge is 0.0796 e. The van der Waals surface area contributed by atoms with E-state index < -0.39 is 0 Å². The Morgan fingerprint density at radius 1 is 1.29 bits per heavy atom. The van der Waals surface area contributed by atoms with E-state index in [9.17, 15) is 0 Å². The Labute approximate surface area is 104 Å². The van der Waals surface area contributed by atoms with Crippen LogP contribution in [0.15, 0.2) is 42.6 Å². The number of hydrogen-bond acceptors (Lipinski definition) is 2. The van der Waals surface area contributed by atoms with Gasteiger partial charge < -0.3 is 4.90 Å². The summed E-state index contributed by atoms with van der Waals surface area (Å²) >= 11 is 0. The maximum absolute atomic E-state index is 3.56. The highest BCUT2D eigenvalue weighted by Gasteiger charge is 2.16. The summed E-state index contributed by atoms with van der Waals surface area (Å²) < 4.78 is 0. The lowest BCUT2D eigenvalue weighted by Crippen LogP contribution is -2.45. The van der Waals surface area contributed by atoms with Crippen molar-refractivity contribution in [2.45, 2.75) is 38.9 Å². The third-order valence-corrected chi connectivity index (χ3v) is 3.21. The van der Waals surface area contributed by atoms with Crippen LogP contribution >= 0.6 is 0 Å². The molecule has 1 aliphatic rings. The summed E-state index contributed by atoms with van der Waals surface area (Å²) in [5, 5.41) is 3.56. The number of benzene rings is 1. The van der Waals surface area contributed by atoms with Crippen LogP contribution in [0.5, 0.6) is 0 Å². The van der Waals surface area contributed by atoms with Gasteiger partial charge in [-0.2, -0.15) is 0 Å². The second-order valence-electron chi connectivity index (χ2n) is 4.61. The molecule has 92 valence electrons. The zero-order valence-electron chi connectivity index (χ0n) is 10.6. The van der Waals surface area contributed by atoms with Crippen molar-refractivity contribution in [2.75, 3.05) is 6.54 Å². The SMILES string of the molecule is CCCCC1NCC=CN1Cc1ccccc1. The van der Waals surface area contributed by atoms with Gasteiger partial charge in [0.2, 0.25) is 0 Å². The van der Waals surface area contributed by atoms with Gasteiger partial charge >= 0.3 is 0 Å². The third-order valence-electron chi connectivity index (χ3n) is 3.21. The standard InChI is InChI=1S/C15H22N2/c1-2-3-10-15-16-11-7-12-17(15)13-14-8-5-4-6-9-14/h4-9,12,15-16H,2-3,10-11,13H2,1H3. The minimum absolute atomic E-state index is 0.500. The summed E-state index contributed by atoms with van der Waals surface area (Å²) in [6, 6.07) is 10.7. The maximum atomic E-state index is 3.56. The molecule has 1 aliphatic heterocycles. The first-order valence-electron chi connectivity index (χ1n) is 6.60. The first kappa shape index (κ1) is 12.2. The Hall–Kier alpha value is -1.28. The molecule has 1 heterocycles. The summed E-state index contributed by atoms with van der Waals surface area (Å²) in [5.74, 6) is 0. The summed E-state index contributed by atoms with van der Waals surface area (Å²) in [7, 11) is 0. The lowest BCUT2D eigenvalue weighted by molar-refractivity contribution is 0.203. The third kappa shape index (κ3) is 3.60. The fraction of sp³-hybridized carbons (Fsp3) is 0.467. The quantitative estimate of drug-likeness (QED) is 0.836. The fourth-order valence-corrected chi connectivity index (χ4v) is 2.24. The molecule has 2 rings (SSSR count). The molecule has 17 heavy (non-hydrogen) atoms. The van der Waals surface area contributed by atoms with Crippen molar-refractivity contribution in [3.8, 4) is 0 Å². The molecule has 0 aliphatic carbocycles. The fourth-order valence-electron chi connectivity index (χ4n) is 2.24. The molecule has 2 nitrogen and oxygen atoms in total. The lowest BCUT2D eigenvalue weighted by atomic mass is 10.1. The number of hydrogen-bond donors (Lipinski definition) is 1. The van der Waals surface area contributed by atoms with Gasteiger partial charge in [-0.05, 0) is 18.2 Å². The van der Waals surface area contributed by atoms with E-state index in [0.717, 1.165) is 13.1 Å². The molecule has 0 fully saturated rings. The highest BCUT2D eigenvalue weighted by atomic mass is 15.3. The number of rotatable bonds is 5. The number of nitrogens with zero attached hydrogens (tertiary/aromatic N) is 1. The van der Waals surface area contributed by atoms with Crippen molar-refractivity contribution >= 4 is 0 Å². The van der Waals surface area contributed by atoms with Gasteiger partial charge in [-0.1, -0.05) is 56.2 Å². The minimum Gasteiger partial charge on any atom is -0.358 e. The molecule has 1 atom stereocenters. The van der Waals surface area contributed by atoms with Crippen molar-refractivity contribution < 1.29 is 0 Å².